The lowest BCUT2D eigenvalue weighted by Crippen LogP contribution is -2.33. The van der Waals surface area contributed by atoms with Gasteiger partial charge in [-0.1, -0.05) is 152 Å². The first-order valence-electron chi connectivity index (χ1n) is 21.0. The average molecular weight is 798 g/mol. The summed E-state index contributed by atoms with van der Waals surface area (Å²) in [6.07, 6.45) is 1.89. The Morgan fingerprint density at radius 1 is 0.500 bits per heavy atom. The number of hydrogen-bond donors (Lipinski definition) is 1. The van der Waals surface area contributed by atoms with Gasteiger partial charge in [0, 0.05) is 52.6 Å². The Morgan fingerprint density at radius 3 is 1.85 bits per heavy atom. The number of hydrogen-bond acceptors (Lipinski definition) is 4. The molecule has 1 atom stereocenters. The third-order valence-electron chi connectivity index (χ3n) is 11.7. The molecule has 2 aliphatic rings. The number of rotatable bonds is 9. The molecule has 0 aliphatic carbocycles. The van der Waals surface area contributed by atoms with E-state index in [0.29, 0.717) is 5.84 Å². The first-order valence-corrected chi connectivity index (χ1v) is 21.0. The Hall–Kier alpha value is -8.22. The largest absolute Gasteiger partial charge is 0.344 e. The smallest absolute Gasteiger partial charge is 0.225 e. The van der Waals surface area contributed by atoms with Crippen molar-refractivity contribution in [3.05, 3.63) is 246 Å². The van der Waals surface area contributed by atoms with E-state index in [2.05, 4.69) is 197 Å². The van der Waals surface area contributed by atoms with Gasteiger partial charge in [0.25, 0.3) is 0 Å². The molecule has 9 aromatic rings. The number of allylic oxidation sites excluding steroid dienone is 1. The molecule has 0 saturated heterocycles. The normalized spacial score (nSPS) is 14.7. The minimum Gasteiger partial charge on any atom is -0.344 e. The maximum Gasteiger partial charge on any atom is 0.225 e. The third kappa shape index (κ3) is 6.74. The first-order chi connectivity index (χ1) is 30.7. The Labute approximate surface area is 360 Å². The van der Waals surface area contributed by atoms with Crippen LogP contribution in [0, 0.1) is 0 Å². The fourth-order valence-electron chi connectivity index (χ4n) is 8.67. The van der Waals surface area contributed by atoms with Crippen molar-refractivity contribution < 1.29 is 4.58 Å². The first kappa shape index (κ1) is 36.8. The number of nitrogens with one attached hydrogen (secondary N) is 1. The van der Waals surface area contributed by atoms with Crippen LogP contribution in [-0.2, 0) is 7.05 Å². The van der Waals surface area contributed by atoms with Crippen molar-refractivity contribution in [2.24, 2.45) is 17.0 Å². The molecule has 2 aliphatic heterocycles. The number of nitrogens with zero attached hydrogens (tertiary/aromatic N) is 5. The zero-order valence-electron chi connectivity index (χ0n) is 34.1. The van der Waals surface area contributed by atoms with Crippen molar-refractivity contribution in [1.29, 1.82) is 0 Å². The minimum absolute atomic E-state index is 0.408. The lowest BCUT2D eigenvalue weighted by atomic mass is 9.89. The molecule has 1 aromatic heterocycles. The van der Waals surface area contributed by atoms with Crippen molar-refractivity contribution in [3.63, 3.8) is 0 Å². The highest BCUT2D eigenvalue weighted by Gasteiger charge is 2.35. The molecule has 8 aromatic carbocycles. The van der Waals surface area contributed by atoms with Gasteiger partial charge >= 0.3 is 0 Å². The number of aromatic nitrogens is 2. The van der Waals surface area contributed by atoms with E-state index in [4.69, 9.17) is 15.0 Å². The fraction of sp³-hybridized carbons (Fsp3) is 0.0357. The molecule has 11 rings (SSSR count). The van der Waals surface area contributed by atoms with Crippen molar-refractivity contribution >= 4 is 39.8 Å². The fourth-order valence-corrected chi connectivity index (χ4v) is 8.67. The molecular formula is C56H41N6+. The van der Waals surface area contributed by atoms with Gasteiger partial charge in [-0.2, -0.15) is 4.58 Å². The SMILES string of the molecule is Cn1c(-c2cccc(-c3cc([N+]4=C(c5ccccc5)C=C4c4ccccc4)ccc3-c3ccccc3C3N=C(c4ccccc4)N=C(c4ccccc4)N3)c2)nc2ccccc21. The topological polar surface area (TPSA) is 57.6 Å². The molecule has 3 heterocycles. The summed E-state index contributed by atoms with van der Waals surface area (Å²) in [5, 5.41) is 3.73. The number of benzene rings is 8. The maximum absolute atomic E-state index is 5.31. The van der Waals surface area contributed by atoms with E-state index in [1.54, 1.807) is 0 Å². The zero-order valence-corrected chi connectivity index (χ0v) is 34.1. The van der Waals surface area contributed by atoms with Crippen LogP contribution in [0.15, 0.2) is 228 Å². The van der Waals surface area contributed by atoms with Gasteiger partial charge in [0.1, 0.15) is 17.8 Å². The summed E-state index contributed by atoms with van der Waals surface area (Å²) in [5.74, 6) is 2.40. The van der Waals surface area contributed by atoms with Gasteiger partial charge in [0.05, 0.1) is 17.1 Å². The maximum atomic E-state index is 5.31. The molecule has 62 heavy (non-hydrogen) atoms. The number of aryl methyl sites for hydroxylation is 1. The number of aliphatic imine (C=N–C) groups is 2. The summed E-state index contributed by atoms with van der Waals surface area (Å²) >= 11 is 0. The van der Waals surface area contributed by atoms with Gasteiger partial charge in [0.2, 0.25) is 17.1 Å². The molecule has 0 spiro atoms. The summed E-state index contributed by atoms with van der Waals surface area (Å²) in [5.41, 5.74) is 16.2. The molecule has 6 nitrogen and oxygen atoms in total. The van der Waals surface area contributed by atoms with Crippen LogP contribution in [0.4, 0.5) is 5.69 Å². The van der Waals surface area contributed by atoms with E-state index < -0.39 is 6.17 Å². The van der Waals surface area contributed by atoms with Crippen LogP contribution in [0.1, 0.15) is 34.0 Å². The average Bonchev–Trinajstić information content (AvgIpc) is 3.68. The van der Waals surface area contributed by atoms with E-state index in [-0.39, 0.29) is 0 Å². The van der Waals surface area contributed by atoms with Crippen LogP contribution < -0.4 is 5.32 Å². The van der Waals surface area contributed by atoms with Crippen LogP contribution in [0.2, 0.25) is 0 Å². The molecule has 0 bridgehead atoms. The summed E-state index contributed by atoms with van der Waals surface area (Å²) in [6.45, 7) is 0. The Balaban J connectivity index is 1.10. The van der Waals surface area contributed by atoms with Crippen LogP contribution in [0.25, 0.3) is 50.4 Å². The predicted molar refractivity (Wildman–Crippen MR) is 254 cm³/mol. The molecule has 6 heteroatoms. The second-order valence-corrected chi connectivity index (χ2v) is 15.6. The van der Waals surface area contributed by atoms with Crippen LogP contribution in [-0.4, -0.2) is 31.5 Å². The van der Waals surface area contributed by atoms with Crippen LogP contribution in [0.5, 0.6) is 0 Å². The second kappa shape index (κ2) is 15.8. The summed E-state index contributed by atoms with van der Waals surface area (Å²) in [4.78, 5) is 15.5. The molecule has 294 valence electrons. The zero-order chi connectivity index (χ0) is 41.4. The van der Waals surface area contributed by atoms with Gasteiger partial charge in [-0.25, -0.2) is 15.0 Å². The predicted octanol–water partition coefficient (Wildman–Crippen LogP) is 12.3. The summed E-state index contributed by atoms with van der Waals surface area (Å²) in [7, 11) is 2.09. The van der Waals surface area contributed by atoms with Crippen molar-refractivity contribution in [3.8, 4) is 33.6 Å². The Kier molecular flexibility index (Phi) is 9.36. The second-order valence-electron chi connectivity index (χ2n) is 15.6. The van der Waals surface area contributed by atoms with E-state index in [0.717, 1.165) is 84.3 Å². The highest BCUT2D eigenvalue weighted by Crippen LogP contribution is 2.42. The highest BCUT2D eigenvalue weighted by molar-refractivity contribution is 6.15. The van der Waals surface area contributed by atoms with Gasteiger partial charge < -0.3 is 9.88 Å². The van der Waals surface area contributed by atoms with Crippen LogP contribution in [0.3, 0.4) is 0 Å². The quantitative estimate of drug-likeness (QED) is 0.148. The number of imidazole rings is 1. The Bertz CT molecular complexity index is 3250. The van der Waals surface area contributed by atoms with Gasteiger partial charge in [-0.05, 0) is 70.8 Å². The lowest BCUT2D eigenvalue weighted by molar-refractivity contribution is -0.341. The van der Waals surface area contributed by atoms with Crippen molar-refractivity contribution in [1.82, 2.24) is 14.9 Å². The molecule has 1 N–H and O–H groups in total. The molecule has 1 unspecified atom stereocenters. The molecule has 0 saturated carbocycles. The standard InChI is InChI=1S/C56H41N6/c1-61-50-32-17-16-31-49(50)57-56(61)43-28-18-27-42(35-43)48-36-44(62-51(38-19-6-2-7-20-38)37-52(62)39-21-8-3-9-22-39)33-34-46(48)45-29-14-15-30-47(45)55-59-53(40-23-10-4-11-24-40)58-54(60-55)41-25-12-5-13-26-41/h2-37,55H,1H3,(H,58,59,60)/q+1. The van der Waals surface area contributed by atoms with E-state index in [1.807, 2.05) is 42.5 Å². The van der Waals surface area contributed by atoms with Crippen LogP contribution >= 0.6 is 0 Å². The molecule has 0 amide bonds. The minimum atomic E-state index is -0.408. The van der Waals surface area contributed by atoms with Crippen molar-refractivity contribution in [2.45, 2.75) is 6.17 Å². The van der Waals surface area contributed by atoms with Gasteiger partial charge in [0.15, 0.2) is 5.84 Å². The molecule has 0 radical (unpaired) electrons. The van der Waals surface area contributed by atoms with Gasteiger partial charge in [-0.3, -0.25) is 0 Å². The van der Waals surface area contributed by atoms with Crippen molar-refractivity contribution in [2.75, 3.05) is 0 Å². The van der Waals surface area contributed by atoms with E-state index in [1.165, 1.54) is 11.1 Å². The number of para-hydroxylation sites is 2. The number of amidine groups is 2. The number of fused-ring (bicyclic) bond motifs is 1. The molecule has 0 fully saturated rings. The summed E-state index contributed by atoms with van der Waals surface area (Å²) < 4.78 is 4.57. The summed E-state index contributed by atoms with van der Waals surface area (Å²) in [6, 6.07) is 74.4. The van der Waals surface area contributed by atoms with E-state index in [9.17, 15) is 0 Å². The third-order valence-corrected chi connectivity index (χ3v) is 11.7. The van der Waals surface area contributed by atoms with Gasteiger partial charge in [-0.15, -0.1) is 0 Å². The lowest BCUT2D eigenvalue weighted by Gasteiger charge is -2.26. The highest BCUT2D eigenvalue weighted by atomic mass is 15.2. The van der Waals surface area contributed by atoms with E-state index >= 15 is 0 Å². The Morgan fingerprint density at radius 2 is 1.11 bits per heavy atom. The monoisotopic (exact) mass is 797 g/mol. The molecular weight excluding hydrogens is 757 g/mol.